The van der Waals surface area contributed by atoms with Crippen molar-refractivity contribution < 1.29 is 17.9 Å². The third-order valence-corrected chi connectivity index (χ3v) is 3.89. The molecule has 0 radical (unpaired) electrons. The smallest absolute Gasteiger partial charge is 0.324 e. The first-order valence-electron chi connectivity index (χ1n) is 6.65. The minimum atomic E-state index is -3.87. The number of aromatic nitrogens is 2. The molecule has 1 rings (SSSR count). The van der Waals surface area contributed by atoms with Crippen LogP contribution in [0.3, 0.4) is 0 Å². The van der Waals surface area contributed by atoms with E-state index < -0.39 is 27.6 Å². The molecule has 0 saturated carbocycles. The van der Waals surface area contributed by atoms with Crippen molar-refractivity contribution in [3.63, 3.8) is 0 Å². The van der Waals surface area contributed by atoms with Crippen LogP contribution in [0.15, 0.2) is 17.6 Å². The van der Waals surface area contributed by atoms with Gasteiger partial charge in [-0.2, -0.15) is 4.72 Å². The Morgan fingerprint density at radius 3 is 2.33 bits per heavy atom. The molecule has 1 N–H and O–H groups in total. The van der Waals surface area contributed by atoms with Gasteiger partial charge in [0.05, 0.1) is 6.33 Å². The third kappa shape index (κ3) is 5.13. The maximum Gasteiger partial charge on any atom is 0.324 e. The molecule has 1 aromatic rings. The number of rotatable bonds is 5. The van der Waals surface area contributed by atoms with Crippen LogP contribution in [0.2, 0.25) is 0 Å². The predicted molar refractivity (Wildman–Crippen MR) is 78.0 cm³/mol. The minimum absolute atomic E-state index is 0.126. The molecule has 1 atom stereocenters. The molecule has 120 valence electrons. The van der Waals surface area contributed by atoms with Crippen LogP contribution in [0.5, 0.6) is 0 Å². The van der Waals surface area contributed by atoms with E-state index in [1.165, 1.54) is 17.1 Å². The molecule has 0 aliphatic rings. The lowest BCUT2D eigenvalue weighted by Gasteiger charge is -2.26. The summed E-state index contributed by atoms with van der Waals surface area (Å²) in [6.45, 7) is 8.69. The summed E-state index contributed by atoms with van der Waals surface area (Å²) < 4.78 is 33.6. The molecule has 0 bridgehead atoms. The molecule has 0 aliphatic heterocycles. The van der Waals surface area contributed by atoms with Crippen molar-refractivity contribution in [2.75, 3.05) is 0 Å². The third-order valence-electron chi connectivity index (χ3n) is 2.57. The topological polar surface area (TPSA) is 90.3 Å². The second-order valence-electron chi connectivity index (χ2n) is 6.25. The number of aryl methyl sites for hydroxylation is 1. The number of ether oxygens (including phenoxy) is 1. The molecule has 7 nitrogen and oxygen atoms in total. The second kappa shape index (κ2) is 6.15. The average molecular weight is 317 g/mol. The summed E-state index contributed by atoms with van der Waals surface area (Å²) in [6.07, 6.45) is 2.75. The van der Waals surface area contributed by atoms with E-state index >= 15 is 0 Å². The Kier molecular flexibility index (Phi) is 5.16. The van der Waals surface area contributed by atoms with E-state index in [2.05, 4.69) is 9.71 Å². The van der Waals surface area contributed by atoms with Gasteiger partial charge in [0.2, 0.25) is 0 Å². The van der Waals surface area contributed by atoms with Gasteiger partial charge in [0.25, 0.3) is 10.0 Å². The Morgan fingerprint density at radius 1 is 1.38 bits per heavy atom. The van der Waals surface area contributed by atoms with Crippen LogP contribution in [-0.2, 0) is 26.6 Å². The summed E-state index contributed by atoms with van der Waals surface area (Å²) >= 11 is 0. The highest BCUT2D eigenvalue weighted by Gasteiger charge is 2.32. The number of carbonyl (C=O) groups is 1. The number of hydrogen-bond acceptors (Lipinski definition) is 5. The summed E-state index contributed by atoms with van der Waals surface area (Å²) in [4.78, 5) is 15.9. The van der Waals surface area contributed by atoms with Crippen LogP contribution in [0, 0.1) is 5.92 Å². The van der Waals surface area contributed by atoms with Gasteiger partial charge in [-0.3, -0.25) is 4.79 Å². The zero-order valence-electron chi connectivity index (χ0n) is 13.2. The van der Waals surface area contributed by atoms with E-state index in [0.717, 1.165) is 0 Å². The lowest BCUT2D eigenvalue weighted by molar-refractivity contribution is -0.158. The molecule has 0 spiro atoms. The molecular formula is C13H23N3O4S. The number of imidazole rings is 1. The van der Waals surface area contributed by atoms with E-state index in [1.807, 2.05) is 0 Å². The van der Waals surface area contributed by atoms with Crippen molar-refractivity contribution in [1.29, 1.82) is 0 Å². The van der Waals surface area contributed by atoms with Gasteiger partial charge >= 0.3 is 5.97 Å². The van der Waals surface area contributed by atoms with Gasteiger partial charge in [-0.25, -0.2) is 13.4 Å². The molecule has 0 unspecified atom stereocenters. The fourth-order valence-corrected chi connectivity index (χ4v) is 2.89. The van der Waals surface area contributed by atoms with Crippen molar-refractivity contribution in [3.8, 4) is 0 Å². The molecule has 21 heavy (non-hydrogen) atoms. The fraction of sp³-hybridized carbons (Fsp3) is 0.692. The van der Waals surface area contributed by atoms with E-state index in [9.17, 15) is 13.2 Å². The van der Waals surface area contributed by atoms with Gasteiger partial charge in [0.15, 0.2) is 5.03 Å². The van der Waals surface area contributed by atoms with Crippen molar-refractivity contribution >= 4 is 16.0 Å². The lowest BCUT2D eigenvalue weighted by Crippen LogP contribution is -2.47. The molecule has 0 fully saturated rings. The maximum atomic E-state index is 12.2. The number of hydrogen-bond donors (Lipinski definition) is 1. The number of esters is 1. The second-order valence-corrected chi connectivity index (χ2v) is 7.91. The van der Waals surface area contributed by atoms with Crippen LogP contribution in [0.4, 0.5) is 0 Å². The molecule has 1 aromatic heterocycles. The Labute approximate surface area is 125 Å². The van der Waals surface area contributed by atoms with Gasteiger partial charge in [-0.05, 0) is 26.7 Å². The zero-order chi connectivity index (χ0) is 16.4. The van der Waals surface area contributed by atoms with Crippen LogP contribution in [0.25, 0.3) is 0 Å². The van der Waals surface area contributed by atoms with E-state index in [1.54, 1.807) is 41.7 Å². The fourth-order valence-electron chi connectivity index (χ4n) is 1.58. The van der Waals surface area contributed by atoms with Gasteiger partial charge in [0.1, 0.15) is 11.6 Å². The predicted octanol–water partition coefficient (Wildman–Crippen LogP) is 1.06. The first kappa shape index (κ1) is 17.6. The number of nitrogens with zero attached hydrogens (tertiary/aromatic N) is 2. The van der Waals surface area contributed by atoms with Crippen molar-refractivity contribution in [1.82, 2.24) is 14.3 Å². The molecule has 0 aliphatic carbocycles. The van der Waals surface area contributed by atoms with Crippen LogP contribution in [-0.4, -0.2) is 35.6 Å². The standard InChI is InChI=1S/C13H23N3O4S/c1-9(2)11(12(17)20-13(3,4)5)15-21(18,19)10-7-16(6)8-14-10/h7-9,11,15H,1-6H3/t11-/m1/s1. The largest absolute Gasteiger partial charge is 0.459 e. The highest BCUT2D eigenvalue weighted by Crippen LogP contribution is 2.15. The average Bonchev–Trinajstić information content (AvgIpc) is 2.70. The van der Waals surface area contributed by atoms with Gasteiger partial charge in [-0.1, -0.05) is 13.8 Å². The Hall–Kier alpha value is -1.41. The van der Waals surface area contributed by atoms with Crippen molar-refractivity contribution in [3.05, 3.63) is 12.5 Å². The van der Waals surface area contributed by atoms with Crippen molar-refractivity contribution in [2.45, 2.75) is 51.3 Å². The Balaban J connectivity index is 2.96. The molecular weight excluding hydrogens is 294 g/mol. The number of carbonyl (C=O) groups excluding carboxylic acids is 1. The molecule has 0 aromatic carbocycles. The number of nitrogens with one attached hydrogen (secondary N) is 1. The minimum Gasteiger partial charge on any atom is -0.459 e. The summed E-state index contributed by atoms with van der Waals surface area (Å²) in [5.74, 6) is -0.852. The zero-order valence-corrected chi connectivity index (χ0v) is 14.1. The van der Waals surface area contributed by atoms with Gasteiger partial charge in [0, 0.05) is 13.2 Å². The SMILES string of the molecule is CC(C)[C@@H](NS(=O)(=O)c1cn(C)cn1)C(=O)OC(C)(C)C. The first-order chi connectivity index (χ1) is 9.42. The molecule has 0 saturated heterocycles. The highest BCUT2D eigenvalue weighted by molar-refractivity contribution is 7.89. The first-order valence-corrected chi connectivity index (χ1v) is 8.14. The Bertz CT molecular complexity index is 599. The quantitative estimate of drug-likeness (QED) is 0.820. The van der Waals surface area contributed by atoms with E-state index in [4.69, 9.17) is 4.74 Å². The van der Waals surface area contributed by atoms with Crippen molar-refractivity contribution in [2.24, 2.45) is 13.0 Å². The van der Waals surface area contributed by atoms with Crippen LogP contribution >= 0.6 is 0 Å². The van der Waals surface area contributed by atoms with Crippen LogP contribution in [0.1, 0.15) is 34.6 Å². The number of sulfonamides is 1. The normalized spacial score (nSPS) is 14.2. The lowest BCUT2D eigenvalue weighted by atomic mass is 10.1. The summed E-state index contributed by atoms with van der Waals surface area (Å²) in [5, 5.41) is -0.126. The highest BCUT2D eigenvalue weighted by atomic mass is 32.2. The summed E-state index contributed by atoms with van der Waals surface area (Å²) in [7, 11) is -2.20. The molecule has 0 amide bonds. The molecule has 8 heteroatoms. The van der Waals surface area contributed by atoms with Gasteiger partial charge in [-0.15, -0.1) is 0 Å². The monoisotopic (exact) mass is 317 g/mol. The summed E-state index contributed by atoms with van der Waals surface area (Å²) in [5.41, 5.74) is -0.680. The Morgan fingerprint density at radius 2 is 1.95 bits per heavy atom. The van der Waals surface area contributed by atoms with E-state index in [-0.39, 0.29) is 10.9 Å². The summed E-state index contributed by atoms with van der Waals surface area (Å²) in [6, 6.07) is -0.962. The van der Waals surface area contributed by atoms with Gasteiger partial charge < -0.3 is 9.30 Å². The van der Waals surface area contributed by atoms with E-state index in [0.29, 0.717) is 0 Å². The maximum absolute atomic E-state index is 12.2. The van der Waals surface area contributed by atoms with Crippen LogP contribution < -0.4 is 4.72 Å². The molecule has 1 heterocycles.